The molecule has 0 rings (SSSR count). The van der Waals surface area contributed by atoms with Crippen LogP contribution in [0.3, 0.4) is 0 Å². The molecule has 0 unspecified atom stereocenters. The monoisotopic (exact) mass is 695 g/mol. The van der Waals surface area contributed by atoms with E-state index < -0.39 is 0 Å². The van der Waals surface area contributed by atoms with Gasteiger partial charge in [-0.25, -0.2) is 0 Å². The molecule has 3 nitrogen and oxygen atoms in total. The number of Topliss-reactive ketones (excluding diaryl/α,β-unsaturated/α-hetero) is 3. The van der Waals surface area contributed by atoms with Gasteiger partial charge in [0.1, 0.15) is 0 Å². The van der Waals surface area contributed by atoms with Crippen molar-refractivity contribution in [1.29, 1.82) is 0 Å². The summed E-state index contributed by atoms with van der Waals surface area (Å²) in [5.41, 5.74) is 9.02. The first-order valence-corrected chi connectivity index (χ1v) is 18.4. The van der Waals surface area contributed by atoms with Gasteiger partial charge in [0.2, 0.25) is 0 Å². The second-order valence-corrected chi connectivity index (χ2v) is 20.6. The molecule has 50 heavy (non-hydrogen) atoms. The fraction of sp³-hybridized carbons (Fsp3) is 0.681. The summed E-state index contributed by atoms with van der Waals surface area (Å²) in [6, 6.07) is 0. The van der Waals surface area contributed by atoms with Crippen LogP contribution in [-0.4, -0.2) is 17.3 Å². The van der Waals surface area contributed by atoms with E-state index in [9.17, 15) is 14.4 Å². The summed E-state index contributed by atoms with van der Waals surface area (Å²) in [5.74, 6) is 0.445. The molecule has 0 atom stereocenters. The predicted molar refractivity (Wildman–Crippen MR) is 224 cm³/mol. The van der Waals surface area contributed by atoms with Crippen LogP contribution < -0.4 is 0 Å². The summed E-state index contributed by atoms with van der Waals surface area (Å²) in [6.45, 7) is 54.0. The van der Waals surface area contributed by atoms with E-state index in [4.69, 9.17) is 0 Å². The molecule has 0 aromatic heterocycles. The van der Waals surface area contributed by atoms with Crippen molar-refractivity contribution in [2.24, 2.45) is 32.5 Å². The highest BCUT2D eigenvalue weighted by atomic mass is 16.1. The zero-order chi connectivity index (χ0) is 41.2. The molecule has 0 heterocycles. The highest BCUT2D eigenvalue weighted by Crippen LogP contribution is 2.34. The quantitative estimate of drug-likeness (QED) is 0.205. The molecule has 0 saturated carbocycles. The SMILES string of the molecule is CC(=O)C(/C=C(/C)C(C)(C)C)=C/C(C)(C)C.CC(=O)C(=C/C(C)(C)C)/C(C)=C(/C)C(C)(C)C.CC(=O)C(=C/C(C)(C)C)/C(C)=C(/C)C(C)(C)C. The minimum absolute atomic E-state index is 0.0282. The van der Waals surface area contributed by atoms with Crippen molar-refractivity contribution in [2.75, 3.05) is 0 Å². The lowest BCUT2D eigenvalue weighted by molar-refractivity contribution is -0.114. The highest BCUT2D eigenvalue weighted by Gasteiger charge is 2.22. The molecule has 0 bridgehead atoms. The van der Waals surface area contributed by atoms with Gasteiger partial charge >= 0.3 is 0 Å². The highest BCUT2D eigenvalue weighted by molar-refractivity contribution is 5.98. The Balaban J connectivity index is -0.000000663. The standard InChI is InChI=1S/2C16H28O.C15H26O/c2*1-11(12(2)16(7,8)9)14(13(3)17)10-15(4,5)6;1-11(15(6,7)8)9-13(12(2)16)10-14(3,4)5/h2*10H,1-9H3;9-10H,1-8H3/b2*12-11-,14-10+;11-9-,13-10+. The first kappa shape index (κ1) is 51.8. The van der Waals surface area contributed by atoms with E-state index >= 15 is 0 Å². The number of rotatable bonds is 6. The molecule has 0 fully saturated rings. The van der Waals surface area contributed by atoms with Crippen LogP contribution in [0.15, 0.2) is 68.9 Å². The summed E-state index contributed by atoms with van der Waals surface area (Å²) in [7, 11) is 0. The molecule has 0 aliphatic carbocycles. The Labute approximate surface area is 312 Å². The molecular formula is C47H82O3. The van der Waals surface area contributed by atoms with Crippen molar-refractivity contribution in [3.05, 3.63) is 68.9 Å². The smallest absolute Gasteiger partial charge is 0.159 e. The van der Waals surface area contributed by atoms with Crippen LogP contribution in [0.4, 0.5) is 0 Å². The van der Waals surface area contributed by atoms with Crippen LogP contribution in [0, 0.1) is 32.5 Å². The van der Waals surface area contributed by atoms with Gasteiger partial charge in [-0.1, -0.05) is 166 Å². The summed E-state index contributed by atoms with van der Waals surface area (Å²) >= 11 is 0. The molecular weight excluding hydrogens is 613 g/mol. The van der Waals surface area contributed by atoms with Gasteiger partial charge in [0.05, 0.1) is 0 Å². The zero-order valence-electron chi connectivity index (χ0n) is 38.0. The van der Waals surface area contributed by atoms with E-state index in [-0.39, 0.29) is 49.8 Å². The van der Waals surface area contributed by atoms with Gasteiger partial charge in [0, 0.05) is 16.7 Å². The molecule has 0 aliphatic rings. The maximum atomic E-state index is 11.8. The van der Waals surface area contributed by atoms with Crippen LogP contribution >= 0.6 is 0 Å². The molecule has 0 aromatic carbocycles. The van der Waals surface area contributed by atoms with Crippen molar-refractivity contribution in [3.63, 3.8) is 0 Å². The number of carbonyl (C=O) groups excluding carboxylic acids is 3. The van der Waals surface area contributed by atoms with Crippen LogP contribution in [-0.2, 0) is 14.4 Å². The van der Waals surface area contributed by atoms with Crippen LogP contribution in [0.1, 0.15) is 180 Å². The largest absolute Gasteiger partial charge is 0.295 e. The predicted octanol–water partition coefficient (Wildman–Crippen LogP) is 14.4. The van der Waals surface area contributed by atoms with Crippen molar-refractivity contribution < 1.29 is 14.4 Å². The van der Waals surface area contributed by atoms with E-state index in [2.05, 4.69) is 171 Å². The first-order chi connectivity index (χ1) is 21.7. The lowest BCUT2D eigenvalue weighted by Gasteiger charge is -2.24. The van der Waals surface area contributed by atoms with E-state index in [1.165, 1.54) is 16.7 Å². The van der Waals surface area contributed by atoms with Gasteiger partial charge < -0.3 is 0 Å². The van der Waals surface area contributed by atoms with Crippen molar-refractivity contribution in [1.82, 2.24) is 0 Å². The Morgan fingerprint density at radius 3 is 0.780 bits per heavy atom. The third kappa shape index (κ3) is 23.0. The van der Waals surface area contributed by atoms with Gasteiger partial charge in [0.25, 0.3) is 0 Å². The molecule has 3 heteroatoms. The Hall–Kier alpha value is -2.55. The van der Waals surface area contributed by atoms with Crippen LogP contribution in [0.25, 0.3) is 0 Å². The summed E-state index contributed by atoms with van der Waals surface area (Å²) < 4.78 is 0. The molecule has 288 valence electrons. The maximum absolute atomic E-state index is 11.8. The zero-order valence-corrected chi connectivity index (χ0v) is 38.0. The first-order valence-electron chi connectivity index (χ1n) is 18.4. The fourth-order valence-electron chi connectivity index (χ4n) is 4.50. The molecule has 0 aliphatic heterocycles. The summed E-state index contributed by atoms with van der Waals surface area (Å²) in [5, 5.41) is 0. The minimum atomic E-state index is 0.0282. The molecule has 0 saturated heterocycles. The van der Waals surface area contributed by atoms with Gasteiger partial charge in [-0.15, -0.1) is 0 Å². The lowest BCUT2D eigenvalue weighted by atomic mass is 9.80. The number of allylic oxidation sites excluding steroid dienone is 12. The van der Waals surface area contributed by atoms with Crippen molar-refractivity contribution >= 4 is 17.3 Å². The van der Waals surface area contributed by atoms with E-state index in [0.29, 0.717) is 0 Å². The molecule has 0 aromatic rings. The summed E-state index contributed by atoms with van der Waals surface area (Å²) in [4.78, 5) is 35.2. The number of hydrogen-bond donors (Lipinski definition) is 0. The van der Waals surface area contributed by atoms with Gasteiger partial charge in [-0.05, 0) is 99.0 Å². The Bertz CT molecular complexity index is 1290. The molecule has 0 amide bonds. The van der Waals surface area contributed by atoms with Gasteiger partial charge in [-0.2, -0.15) is 0 Å². The van der Waals surface area contributed by atoms with Crippen LogP contribution in [0.5, 0.6) is 0 Å². The summed E-state index contributed by atoms with van der Waals surface area (Å²) in [6.07, 6.45) is 8.23. The number of carbonyl (C=O) groups is 3. The molecule has 0 spiro atoms. The van der Waals surface area contributed by atoms with E-state index in [0.717, 1.165) is 27.9 Å². The average molecular weight is 695 g/mol. The second kappa shape index (κ2) is 19.3. The van der Waals surface area contributed by atoms with Crippen molar-refractivity contribution in [3.8, 4) is 0 Å². The fourth-order valence-corrected chi connectivity index (χ4v) is 4.50. The topological polar surface area (TPSA) is 51.2 Å². The van der Waals surface area contributed by atoms with E-state index in [1.54, 1.807) is 20.8 Å². The van der Waals surface area contributed by atoms with E-state index in [1.807, 2.05) is 12.2 Å². The third-order valence-corrected chi connectivity index (χ3v) is 8.65. The molecule has 0 radical (unpaired) electrons. The average Bonchev–Trinajstić information content (AvgIpc) is 2.85. The number of hydrogen-bond acceptors (Lipinski definition) is 3. The third-order valence-electron chi connectivity index (χ3n) is 8.65. The van der Waals surface area contributed by atoms with Gasteiger partial charge in [0.15, 0.2) is 17.3 Å². The maximum Gasteiger partial charge on any atom is 0.159 e. The van der Waals surface area contributed by atoms with Gasteiger partial charge in [-0.3, -0.25) is 14.4 Å². The van der Waals surface area contributed by atoms with Crippen LogP contribution in [0.2, 0.25) is 0 Å². The molecule has 0 N–H and O–H groups in total. The Morgan fingerprint density at radius 1 is 0.360 bits per heavy atom. The number of ketones is 3. The van der Waals surface area contributed by atoms with Crippen molar-refractivity contribution in [2.45, 2.75) is 180 Å². The minimum Gasteiger partial charge on any atom is -0.295 e. The Morgan fingerprint density at radius 2 is 0.620 bits per heavy atom. The normalized spacial score (nSPS) is 15.6. The lowest BCUT2D eigenvalue weighted by Crippen LogP contribution is -2.13. The Kier molecular flexibility index (Phi) is 20.0. The second-order valence-electron chi connectivity index (χ2n) is 20.6.